The molecule has 0 spiro atoms. The Hall–Kier alpha value is -3.94. The van der Waals surface area contributed by atoms with Gasteiger partial charge in [0, 0.05) is 24.0 Å². The molecule has 1 saturated heterocycles. The smallest absolute Gasteiger partial charge is 0.256 e. The van der Waals surface area contributed by atoms with Crippen LogP contribution in [-0.2, 0) is 22.4 Å². The Morgan fingerprint density at radius 1 is 0.903 bits per heavy atom. The Balaban J connectivity index is 1.40. The predicted molar refractivity (Wildman–Crippen MR) is 115 cm³/mol. The van der Waals surface area contributed by atoms with Crippen LogP contribution in [0, 0.1) is 0 Å². The van der Waals surface area contributed by atoms with E-state index in [-0.39, 0.29) is 30.6 Å². The molecule has 2 N–H and O–H groups in total. The summed E-state index contributed by atoms with van der Waals surface area (Å²) in [4.78, 5) is 36.7. The molecule has 0 bridgehead atoms. The predicted octanol–water partition coefficient (Wildman–Crippen LogP) is 2.77. The first-order valence-corrected chi connectivity index (χ1v) is 10.3. The number of amides is 3. The second kappa shape index (κ2) is 7.71. The number of para-hydroxylation sites is 1. The molecule has 0 unspecified atom stereocenters. The van der Waals surface area contributed by atoms with Gasteiger partial charge >= 0.3 is 0 Å². The van der Waals surface area contributed by atoms with Crippen LogP contribution in [0.4, 0.5) is 11.5 Å². The summed E-state index contributed by atoms with van der Waals surface area (Å²) in [5.74, 6) is 0.0576. The van der Waals surface area contributed by atoms with Crippen molar-refractivity contribution in [3.63, 3.8) is 0 Å². The first-order chi connectivity index (χ1) is 15.1. The summed E-state index contributed by atoms with van der Waals surface area (Å²) in [7, 11) is 0. The van der Waals surface area contributed by atoms with E-state index in [1.165, 1.54) is 5.01 Å². The molecule has 8 nitrogen and oxygen atoms in total. The maximum absolute atomic E-state index is 13.0. The van der Waals surface area contributed by atoms with Crippen LogP contribution in [0.1, 0.15) is 40.9 Å². The molecular formula is C23H21N5O3. The van der Waals surface area contributed by atoms with Gasteiger partial charge in [-0.05, 0) is 55.7 Å². The van der Waals surface area contributed by atoms with E-state index in [4.69, 9.17) is 5.10 Å². The van der Waals surface area contributed by atoms with Gasteiger partial charge in [0.25, 0.3) is 5.91 Å². The Kier molecular flexibility index (Phi) is 4.74. The highest BCUT2D eigenvalue weighted by molar-refractivity contribution is 6.05. The van der Waals surface area contributed by atoms with Crippen LogP contribution in [0.5, 0.6) is 0 Å². The number of hydrogen-bond acceptors (Lipinski definition) is 4. The zero-order valence-corrected chi connectivity index (χ0v) is 16.8. The molecule has 5 rings (SSSR count). The molecule has 8 heteroatoms. The second-order valence-corrected chi connectivity index (χ2v) is 7.64. The molecule has 3 aromatic rings. The van der Waals surface area contributed by atoms with Crippen LogP contribution >= 0.6 is 0 Å². The average molecular weight is 415 g/mol. The summed E-state index contributed by atoms with van der Waals surface area (Å²) >= 11 is 0. The van der Waals surface area contributed by atoms with Crippen molar-refractivity contribution < 1.29 is 14.4 Å². The molecular weight excluding hydrogens is 394 g/mol. The van der Waals surface area contributed by atoms with E-state index in [0.29, 0.717) is 17.1 Å². The van der Waals surface area contributed by atoms with Gasteiger partial charge in [0.05, 0.1) is 17.1 Å². The minimum Gasteiger partial charge on any atom is -0.306 e. The van der Waals surface area contributed by atoms with Crippen LogP contribution in [0.25, 0.3) is 5.69 Å². The first kappa shape index (κ1) is 19.0. The van der Waals surface area contributed by atoms with E-state index in [2.05, 4.69) is 10.7 Å². The summed E-state index contributed by atoms with van der Waals surface area (Å²) in [6.45, 7) is 0. The minimum absolute atomic E-state index is 0.169. The van der Waals surface area contributed by atoms with E-state index < -0.39 is 0 Å². The quantitative estimate of drug-likeness (QED) is 0.685. The molecule has 31 heavy (non-hydrogen) atoms. The fourth-order valence-corrected chi connectivity index (χ4v) is 4.00. The number of carbonyl (C=O) groups is 3. The molecule has 2 aliphatic rings. The number of nitrogens with zero attached hydrogens (tertiary/aromatic N) is 3. The van der Waals surface area contributed by atoms with Crippen LogP contribution in [0.2, 0.25) is 0 Å². The number of benzene rings is 2. The number of aryl methyl sites for hydroxylation is 1. The van der Waals surface area contributed by atoms with Crippen molar-refractivity contribution in [2.75, 3.05) is 10.3 Å². The maximum Gasteiger partial charge on any atom is 0.256 e. The monoisotopic (exact) mass is 415 g/mol. The number of fused-ring (bicyclic) bond motifs is 1. The third-order valence-electron chi connectivity index (χ3n) is 5.58. The van der Waals surface area contributed by atoms with Gasteiger partial charge in [0.2, 0.25) is 11.8 Å². The normalized spacial score (nSPS) is 15.5. The van der Waals surface area contributed by atoms with Crippen LogP contribution in [0.15, 0.2) is 54.6 Å². The van der Waals surface area contributed by atoms with Gasteiger partial charge in [-0.15, -0.1) is 0 Å². The highest BCUT2D eigenvalue weighted by atomic mass is 16.2. The first-order valence-electron chi connectivity index (χ1n) is 10.3. The van der Waals surface area contributed by atoms with E-state index in [9.17, 15) is 14.4 Å². The molecule has 1 aliphatic carbocycles. The largest absolute Gasteiger partial charge is 0.306 e. The lowest BCUT2D eigenvalue weighted by Gasteiger charge is -2.27. The third kappa shape index (κ3) is 3.56. The number of rotatable bonds is 4. The molecule has 1 aliphatic heterocycles. The van der Waals surface area contributed by atoms with Crippen molar-refractivity contribution >= 4 is 29.2 Å². The molecule has 156 valence electrons. The van der Waals surface area contributed by atoms with Crippen molar-refractivity contribution in [2.24, 2.45) is 0 Å². The van der Waals surface area contributed by atoms with Gasteiger partial charge in [-0.25, -0.2) is 9.69 Å². The van der Waals surface area contributed by atoms with E-state index in [1.54, 1.807) is 28.9 Å². The summed E-state index contributed by atoms with van der Waals surface area (Å²) < 4.78 is 1.79. The van der Waals surface area contributed by atoms with Crippen molar-refractivity contribution in [3.05, 3.63) is 71.4 Å². The van der Waals surface area contributed by atoms with E-state index >= 15 is 0 Å². The van der Waals surface area contributed by atoms with Gasteiger partial charge in [-0.1, -0.05) is 18.2 Å². The van der Waals surface area contributed by atoms with E-state index in [1.807, 2.05) is 30.3 Å². The van der Waals surface area contributed by atoms with Crippen LogP contribution < -0.4 is 15.8 Å². The standard InChI is InChI=1S/C23H21N5O3/c29-20-13-14-21(30)27(26-20)17-11-9-15(10-12-17)23(31)24-22-18-7-4-8-19(18)25-28(22)16-5-2-1-3-6-16/h1-3,5-6,9-12H,4,7-8,13-14H2,(H,24,31)(H,26,29). The molecule has 0 saturated carbocycles. The Morgan fingerprint density at radius 3 is 2.45 bits per heavy atom. The molecule has 1 aromatic heterocycles. The molecule has 2 heterocycles. The van der Waals surface area contributed by atoms with Crippen LogP contribution in [0.3, 0.4) is 0 Å². The fourth-order valence-electron chi connectivity index (χ4n) is 4.00. The summed E-state index contributed by atoms with van der Waals surface area (Å²) in [6.07, 6.45) is 3.17. The average Bonchev–Trinajstić information content (AvgIpc) is 3.39. The number of aromatic nitrogens is 2. The summed E-state index contributed by atoms with van der Waals surface area (Å²) in [5.41, 5.74) is 6.52. The minimum atomic E-state index is -0.257. The van der Waals surface area contributed by atoms with Gasteiger partial charge in [0.15, 0.2) is 0 Å². The van der Waals surface area contributed by atoms with Crippen molar-refractivity contribution in [2.45, 2.75) is 32.1 Å². The number of nitrogens with one attached hydrogen (secondary N) is 2. The van der Waals surface area contributed by atoms with Crippen LogP contribution in [-0.4, -0.2) is 27.5 Å². The number of carbonyl (C=O) groups excluding carboxylic acids is 3. The Bertz CT molecular complexity index is 1170. The number of anilines is 2. The lowest BCUT2D eigenvalue weighted by atomic mass is 10.1. The van der Waals surface area contributed by atoms with E-state index in [0.717, 1.165) is 36.2 Å². The molecule has 2 aromatic carbocycles. The fraction of sp³-hybridized carbons (Fsp3) is 0.217. The zero-order chi connectivity index (χ0) is 21.4. The zero-order valence-electron chi connectivity index (χ0n) is 16.8. The molecule has 3 amide bonds. The summed E-state index contributed by atoms with van der Waals surface area (Å²) in [5, 5.41) is 8.97. The van der Waals surface area contributed by atoms with Gasteiger partial charge in [-0.3, -0.25) is 19.8 Å². The highest BCUT2D eigenvalue weighted by Gasteiger charge is 2.26. The number of hydrogen-bond donors (Lipinski definition) is 2. The topological polar surface area (TPSA) is 96.3 Å². The maximum atomic E-state index is 13.0. The lowest BCUT2D eigenvalue weighted by molar-refractivity contribution is -0.130. The lowest BCUT2D eigenvalue weighted by Crippen LogP contribution is -2.50. The molecule has 1 fully saturated rings. The number of hydrazine groups is 1. The Labute approximate surface area is 178 Å². The highest BCUT2D eigenvalue weighted by Crippen LogP contribution is 2.31. The van der Waals surface area contributed by atoms with Gasteiger partial charge < -0.3 is 5.32 Å². The van der Waals surface area contributed by atoms with Gasteiger partial charge in [0.1, 0.15) is 5.82 Å². The van der Waals surface area contributed by atoms with Gasteiger partial charge in [-0.2, -0.15) is 5.10 Å². The van der Waals surface area contributed by atoms with Crippen molar-refractivity contribution in [1.29, 1.82) is 0 Å². The second-order valence-electron chi connectivity index (χ2n) is 7.64. The Morgan fingerprint density at radius 2 is 1.68 bits per heavy atom. The van der Waals surface area contributed by atoms with Crippen molar-refractivity contribution in [3.8, 4) is 5.69 Å². The molecule has 0 atom stereocenters. The third-order valence-corrected chi connectivity index (χ3v) is 5.58. The SMILES string of the molecule is O=C1CCC(=O)N(c2ccc(C(=O)Nc3c4c(nn3-c3ccccc3)CCC4)cc2)N1. The summed E-state index contributed by atoms with van der Waals surface area (Å²) in [6, 6.07) is 16.3. The van der Waals surface area contributed by atoms with Crippen molar-refractivity contribution in [1.82, 2.24) is 15.2 Å². The molecule has 0 radical (unpaired) electrons.